The van der Waals surface area contributed by atoms with Crippen LogP contribution in [-0.4, -0.2) is 40.4 Å². The van der Waals surface area contributed by atoms with E-state index in [4.69, 9.17) is 21.4 Å². The molecule has 1 amide bonds. The number of hydrogen-bond donors (Lipinski definition) is 1. The molecule has 0 aliphatic carbocycles. The number of halogens is 1. The lowest BCUT2D eigenvalue weighted by molar-refractivity contribution is 0.0742. The molecule has 1 saturated heterocycles. The molecule has 2 aliphatic rings. The van der Waals surface area contributed by atoms with E-state index >= 15 is 0 Å². The molecular formula is C23H31ClN4O2. The summed E-state index contributed by atoms with van der Waals surface area (Å²) in [4.78, 5) is 13.2. The van der Waals surface area contributed by atoms with Crippen molar-refractivity contribution in [3.8, 4) is 17.0 Å². The zero-order valence-corrected chi connectivity index (χ0v) is 18.5. The van der Waals surface area contributed by atoms with Crippen LogP contribution in [0.1, 0.15) is 67.9 Å². The van der Waals surface area contributed by atoms with Crippen molar-refractivity contribution in [2.75, 3.05) is 19.7 Å². The average molecular weight is 431 g/mol. The Kier molecular flexibility index (Phi) is 6.95. The molecule has 7 heteroatoms. The zero-order chi connectivity index (χ0) is 20.9. The minimum Gasteiger partial charge on any atom is -0.492 e. The Balaban J connectivity index is 1.67. The van der Waals surface area contributed by atoms with Gasteiger partial charge in [-0.05, 0) is 37.5 Å². The third kappa shape index (κ3) is 4.65. The van der Waals surface area contributed by atoms with Gasteiger partial charge < -0.3 is 4.74 Å². The van der Waals surface area contributed by atoms with Gasteiger partial charge in [0.05, 0.1) is 12.3 Å². The highest BCUT2D eigenvalue weighted by molar-refractivity contribution is 6.30. The molecule has 1 aromatic carbocycles. The monoisotopic (exact) mass is 430 g/mol. The number of nitrogens with one attached hydrogen (secondary N) is 1. The third-order valence-corrected chi connectivity index (χ3v) is 6.15. The van der Waals surface area contributed by atoms with Gasteiger partial charge in [-0.3, -0.25) is 14.9 Å². The molecule has 30 heavy (non-hydrogen) atoms. The number of ether oxygens (including phenoxy) is 1. The lowest BCUT2D eigenvalue weighted by atomic mass is 10.0. The molecule has 4 rings (SSSR count). The second-order valence-electron chi connectivity index (χ2n) is 8.19. The molecule has 3 heterocycles. The molecule has 2 aromatic rings. The molecule has 1 aromatic heterocycles. The Morgan fingerprint density at radius 1 is 1.20 bits per heavy atom. The number of aromatic nitrogens is 2. The van der Waals surface area contributed by atoms with E-state index in [1.54, 1.807) is 0 Å². The maximum absolute atomic E-state index is 13.2. The van der Waals surface area contributed by atoms with Crippen LogP contribution in [0.4, 0.5) is 0 Å². The maximum atomic E-state index is 13.2. The number of unbranched alkanes of at least 4 members (excludes halogenated alkanes) is 3. The Morgan fingerprint density at radius 3 is 2.83 bits per heavy atom. The first-order valence-corrected chi connectivity index (χ1v) is 11.6. The normalized spacial score (nSPS) is 16.3. The van der Waals surface area contributed by atoms with Crippen molar-refractivity contribution in [2.24, 2.45) is 0 Å². The van der Waals surface area contributed by atoms with Crippen LogP contribution < -0.4 is 10.2 Å². The highest BCUT2D eigenvalue weighted by Crippen LogP contribution is 2.38. The van der Waals surface area contributed by atoms with Gasteiger partial charge in [0.2, 0.25) is 0 Å². The standard InChI is InChI=1S/C23H31ClN4O2/c1-2-3-4-8-14-28-22-18-10-9-17(24)16-20(18)30-15-11-19(22)21(25-28)23(29)26-27-12-6-5-7-13-27/h9-10,16H,2-8,11-15H2,1H3,(H,26,29). The fourth-order valence-corrected chi connectivity index (χ4v) is 4.51. The number of piperidine rings is 1. The lowest BCUT2D eigenvalue weighted by Crippen LogP contribution is -2.45. The van der Waals surface area contributed by atoms with Gasteiger partial charge in [-0.1, -0.05) is 44.2 Å². The fraction of sp³-hybridized carbons (Fsp3) is 0.565. The second-order valence-corrected chi connectivity index (χ2v) is 8.62. The summed E-state index contributed by atoms with van der Waals surface area (Å²) in [5.74, 6) is 0.650. The number of amides is 1. The molecular weight excluding hydrogens is 400 g/mol. The third-order valence-electron chi connectivity index (χ3n) is 5.91. The summed E-state index contributed by atoms with van der Waals surface area (Å²) < 4.78 is 8.00. The summed E-state index contributed by atoms with van der Waals surface area (Å²) in [7, 11) is 0. The highest BCUT2D eigenvalue weighted by atomic mass is 35.5. The zero-order valence-electron chi connectivity index (χ0n) is 17.8. The fourth-order valence-electron chi connectivity index (χ4n) is 4.35. The van der Waals surface area contributed by atoms with Gasteiger partial charge in [-0.25, -0.2) is 5.01 Å². The molecule has 0 unspecified atom stereocenters. The van der Waals surface area contributed by atoms with Crippen LogP contribution in [0.25, 0.3) is 11.3 Å². The van der Waals surface area contributed by atoms with Gasteiger partial charge in [0.15, 0.2) is 5.69 Å². The first kappa shape index (κ1) is 21.2. The van der Waals surface area contributed by atoms with E-state index in [0.29, 0.717) is 23.7 Å². The van der Waals surface area contributed by atoms with Gasteiger partial charge in [-0.15, -0.1) is 0 Å². The molecule has 0 atom stereocenters. The SMILES string of the molecule is CCCCCCn1nc(C(=O)NN2CCCCC2)c2c1-c1ccc(Cl)cc1OCC2. The van der Waals surface area contributed by atoms with Crippen LogP contribution in [0.15, 0.2) is 18.2 Å². The molecule has 6 nitrogen and oxygen atoms in total. The van der Waals surface area contributed by atoms with Crippen LogP contribution in [0.2, 0.25) is 5.02 Å². The Morgan fingerprint density at radius 2 is 2.03 bits per heavy atom. The number of fused-ring (bicyclic) bond motifs is 3. The van der Waals surface area contributed by atoms with E-state index in [0.717, 1.165) is 67.9 Å². The quantitative estimate of drug-likeness (QED) is 0.638. The summed E-state index contributed by atoms with van der Waals surface area (Å²) >= 11 is 6.21. The van der Waals surface area contributed by atoms with Gasteiger partial charge in [0, 0.05) is 42.2 Å². The lowest BCUT2D eigenvalue weighted by Gasteiger charge is -2.26. The summed E-state index contributed by atoms with van der Waals surface area (Å²) in [6, 6.07) is 5.72. The number of aryl methyl sites for hydroxylation is 1. The largest absolute Gasteiger partial charge is 0.492 e. The van der Waals surface area contributed by atoms with E-state index in [1.807, 2.05) is 27.9 Å². The predicted molar refractivity (Wildman–Crippen MR) is 119 cm³/mol. The van der Waals surface area contributed by atoms with Crippen molar-refractivity contribution in [3.63, 3.8) is 0 Å². The molecule has 0 spiro atoms. The van der Waals surface area contributed by atoms with Gasteiger partial charge in [0.25, 0.3) is 5.91 Å². The Bertz CT molecular complexity index is 890. The Hall–Kier alpha value is -2.05. The number of benzene rings is 1. The predicted octanol–water partition coefficient (Wildman–Crippen LogP) is 4.85. The molecule has 0 bridgehead atoms. The van der Waals surface area contributed by atoms with Crippen molar-refractivity contribution in [2.45, 2.75) is 64.8 Å². The second kappa shape index (κ2) is 9.84. The van der Waals surface area contributed by atoms with Crippen LogP contribution in [0.5, 0.6) is 5.75 Å². The number of hydrazine groups is 1. The number of rotatable bonds is 7. The first-order valence-electron chi connectivity index (χ1n) is 11.3. The average Bonchev–Trinajstić information content (AvgIpc) is 3.00. The van der Waals surface area contributed by atoms with Crippen molar-refractivity contribution in [1.29, 1.82) is 0 Å². The van der Waals surface area contributed by atoms with E-state index in [1.165, 1.54) is 19.3 Å². The minimum absolute atomic E-state index is 0.113. The molecule has 2 aliphatic heterocycles. The molecule has 1 N–H and O–H groups in total. The van der Waals surface area contributed by atoms with E-state index in [2.05, 4.69) is 12.3 Å². The van der Waals surface area contributed by atoms with Crippen LogP contribution in [-0.2, 0) is 13.0 Å². The van der Waals surface area contributed by atoms with Gasteiger partial charge >= 0.3 is 0 Å². The molecule has 162 valence electrons. The molecule has 0 radical (unpaired) electrons. The van der Waals surface area contributed by atoms with Crippen molar-refractivity contribution < 1.29 is 9.53 Å². The van der Waals surface area contributed by atoms with E-state index in [-0.39, 0.29) is 5.91 Å². The smallest absolute Gasteiger partial charge is 0.286 e. The first-order chi connectivity index (χ1) is 14.7. The number of carbonyl (C=O) groups excluding carboxylic acids is 1. The number of hydrogen-bond acceptors (Lipinski definition) is 4. The topological polar surface area (TPSA) is 59.4 Å². The summed E-state index contributed by atoms with van der Waals surface area (Å²) in [5.41, 5.74) is 6.55. The van der Waals surface area contributed by atoms with E-state index in [9.17, 15) is 4.79 Å². The van der Waals surface area contributed by atoms with Crippen molar-refractivity contribution in [3.05, 3.63) is 34.5 Å². The van der Waals surface area contributed by atoms with E-state index < -0.39 is 0 Å². The summed E-state index contributed by atoms with van der Waals surface area (Å²) in [6.07, 6.45) is 8.71. The molecule has 0 saturated carbocycles. The molecule has 1 fully saturated rings. The highest BCUT2D eigenvalue weighted by Gasteiger charge is 2.28. The minimum atomic E-state index is -0.113. The maximum Gasteiger partial charge on any atom is 0.286 e. The van der Waals surface area contributed by atoms with Crippen LogP contribution in [0, 0.1) is 0 Å². The van der Waals surface area contributed by atoms with Crippen LogP contribution in [0.3, 0.4) is 0 Å². The van der Waals surface area contributed by atoms with Gasteiger partial charge in [-0.2, -0.15) is 5.10 Å². The van der Waals surface area contributed by atoms with Crippen molar-refractivity contribution in [1.82, 2.24) is 20.2 Å². The number of carbonyl (C=O) groups is 1. The van der Waals surface area contributed by atoms with Crippen molar-refractivity contribution >= 4 is 17.5 Å². The number of nitrogens with zero attached hydrogens (tertiary/aromatic N) is 3. The summed E-state index contributed by atoms with van der Waals surface area (Å²) in [5, 5.41) is 7.48. The Labute approximate surface area is 183 Å². The van der Waals surface area contributed by atoms with Crippen LogP contribution >= 0.6 is 11.6 Å². The van der Waals surface area contributed by atoms with Gasteiger partial charge in [0.1, 0.15) is 5.75 Å². The summed E-state index contributed by atoms with van der Waals surface area (Å²) in [6.45, 7) is 5.31.